The van der Waals surface area contributed by atoms with E-state index in [1.165, 1.54) is 30.6 Å². The van der Waals surface area contributed by atoms with Crippen molar-refractivity contribution in [2.75, 3.05) is 0 Å². The SMILES string of the molecule is Cl.N[C@H](c1cccs1)C1CCCC1. The number of hydrogen-bond acceptors (Lipinski definition) is 2. The van der Waals surface area contributed by atoms with E-state index < -0.39 is 0 Å². The zero-order valence-corrected chi connectivity index (χ0v) is 9.24. The van der Waals surface area contributed by atoms with E-state index in [1.807, 2.05) is 0 Å². The molecular formula is C10H16ClNS. The van der Waals surface area contributed by atoms with Crippen molar-refractivity contribution in [2.45, 2.75) is 31.7 Å². The molecule has 1 aromatic heterocycles. The van der Waals surface area contributed by atoms with E-state index in [9.17, 15) is 0 Å². The van der Waals surface area contributed by atoms with Gasteiger partial charge in [-0.1, -0.05) is 18.9 Å². The van der Waals surface area contributed by atoms with E-state index in [-0.39, 0.29) is 12.4 Å². The summed E-state index contributed by atoms with van der Waals surface area (Å²) < 4.78 is 0. The summed E-state index contributed by atoms with van der Waals surface area (Å²) >= 11 is 1.79. The Morgan fingerprint density at radius 1 is 1.38 bits per heavy atom. The third-order valence-electron chi connectivity index (χ3n) is 2.78. The minimum absolute atomic E-state index is 0. The quantitative estimate of drug-likeness (QED) is 0.808. The summed E-state index contributed by atoms with van der Waals surface area (Å²) in [5.74, 6) is 0.753. The molecule has 1 atom stereocenters. The fourth-order valence-electron chi connectivity index (χ4n) is 2.03. The van der Waals surface area contributed by atoms with Crippen LogP contribution in [0.2, 0.25) is 0 Å². The van der Waals surface area contributed by atoms with Crippen molar-refractivity contribution in [1.29, 1.82) is 0 Å². The smallest absolute Gasteiger partial charge is 0.0418 e. The van der Waals surface area contributed by atoms with E-state index in [0.29, 0.717) is 6.04 Å². The Hall–Kier alpha value is -0.0500. The molecule has 1 saturated carbocycles. The molecule has 1 heterocycles. The van der Waals surface area contributed by atoms with E-state index in [4.69, 9.17) is 5.73 Å². The lowest BCUT2D eigenvalue weighted by molar-refractivity contribution is 0.450. The predicted molar refractivity (Wildman–Crippen MR) is 60.5 cm³/mol. The second-order valence-electron chi connectivity index (χ2n) is 3.59. The highest BCUT2D eigenvalue weighted by Gasteiger charge is 2.23. The lowest BCUT2D eigenvalue weighted by Gasteiger charge is -2.16. The highest BCUT2D eigenvalue weighted by Crippen LogP contribution is 2.35. The minimum atomic E-state index is 0. The summed E-state index contributed by atoms with van der Waals surface area (Å²) in [6.45, 7) is 0. The molecule has 1 fully saturated rings. The molecule has 2 rings (SSSR count). The van der Waals surface area contributed by atoms with E-state index >= 15 is 0 Å². The Bertz CT molecular complexity index is 229. The first-order valence-electron chi connectivity index (χ1n) is 4.67. The van der Waals surface area contributed by atoms with Crippen LogP contribution in [-0.4, -0.2) is 0 Å². The molecule has 0 unspecified atom stereocenters. The van der Waals surface area contributed by atoms with Crippen LogP contribution in [0.1, 0.15) is 36.6 Å². The molecular weight excluding hydrogens is 202 g/mol. The highest BCUT2D eigenvalue weighted by molar-refractivity contribution is 7.10. The Morgan fingerprint density at radius 3 is 2.62 bits per heavy atom. The summed E-state index contributed by atoms with van der Waals surface area (Å²) in [6, 6.07) is 4.56. The lowest BCUT2D eigenvalue weighted by atomic mass is 9.98. The largest absolute Gasteiger partial charge is 0.323 e. The van der Waals surface area contributed by atoms with E-state index in [0.717, 1.165) is 5.92 Å². The Morgan fingerprint density at radius 2 is 2.08 bits per heavy atom. The molecule has 3 heteroatoms. The Labute approximate surface area is 89.7 Å². The van der Waals surface area contributed by atoms with Crippen LogP contribution in [-0.2, 0) is 0 Å². The maximum absolute atomic E-state index is 6.16. The van der Waals surface area contributed by atoms with Crippen LogP contribution >= 0.6 is 23.7 Å². The van der Waals surface area contributed by atoms with Gasteiger partial charge in [-0.15, -0.1) is 23.7 Å². The Balaban J connectivity index is 0.000000845. The first-order valence-corrected chi connectivity index (χ1v) is 5.55. The summed E-state index contributed by atoms with van der Waals surface area (Å²) in [5.41, 5.74) is 6.16. The van der Waals surface area contributed by atoms with Crippen molar-refractivity contribution in [3.8, 4) is 0 Å². The number of halogens is 1. The van der Waals surface area contributed by atoms with Gasteiger partial charge < -0.3 is 5.73 Å². The monoisotopic (exact) mass is 217 g/mol. The number of thiophene rings is 1. The van der Waals surface area contributed by atoms with Crippen molar-refractivity contribution in [1.82, 2.24) is 0 Å². The zero-order valence-electron chi connectivity index (χ0n) is 7.61. The summed E-state index contributed by atoms with van der Waals surface area (Å²) in [4.78, 5) is 1.36. The van der Waals surface area contributed by atoms with Crippen LogP contribution < -0.4 is 5.73 Å². The van der Waals surface area contributed by atoms with Gasteiger partial charge in [0.25, 0.3) is 0 Å². The van der Waals surface area contributed by atoms with Crippen LogP contribution in [0.15, 0.2) is 17.5 Å². The number of hydrogen-bond donors (Lipinski definition) is 1. The normalized spacial score (nSPS) is 19.8. The molecule has 0 saturated heterocycles. The number of nitrogens with two attached hydrogens (primary N) is 1. The van der Waals surface area contributed by atoms with Gasteiger partial charge in [-0.3, -0.25) is 0 Å². The van der Waals surface area contributed by atoms with Gasteiger partial charge in [-0.05, 0) is 30.2 Å². The number of rotatable bonds is 2. The summed E-state index contributed by atoms with van der Waals surface area (Å²) in [7, 11) is 0. The molecule has 13 heavy (non-hydrogen) atoms. The molecule has 0 radical (unpaired) electrons. The Kier molecular flexibility index (Phi) is 4.23. The van der Waals surface area contributed by atoms with Crippen LogP contribution in [0.3, 0.4) is 0 Å². The second-order valence-corrected chi connectivity index (χ2v) is 4.57. The van der Waals surface area contributed by atoms with Gasteiger partial charge in [0, 0.05) is 10.9 Å². The average Bonchev–Trinajstić information content (AvgIpc) is 2.77. The third kappa shape index (κ3) is 2.46. The van der Waals surface area contributed by atoms with Crippen LogP contribution in [0.25, 0.3) is 0 Å². The van der Waals surface area contributed by atoms with Gasteiger partial charge >= 0.3 is 0 Å². The molecule has 1 nitrogen and oxygen atoms in total. The fourth-order valence-corrected chi connectivity index (χ4v) is 2.85. The van der Waals surface area contributed by atoms with Gasteiger partial charge in [0.15, 0.2) is 0 Å². The summed E-state index contributed by atoms with van der Waals surface area (Å²) in [5, 5.41) is 2.12. The molecule has 74 valence electrons. The van der Waals surface area contributed by atoms with Gasteiger partial charge in [-0.25, -0.2) is 0 Å². The lowest BCUT2D eigenvalue weighted by Crippen LogP contribution is -2.17. The molecule has 1 aromatic rings. The second kappa shape index (κ2) is 4.99. The fraction of sp³-hybridized carbons (Fsp3) is 0.600. The average molecular weight is 218 g/mol. The maximum atomic E-state index is 6.16. The van der Waals surface area contributed by atoms with Crippen molar-refractivity contribution in [3.63, 3.8) is 0 Å². The molecule has 0 aromatic carbocycles. The molecule has 0 bridgehead atoms. The van der Waals surface area contributed by atoms with Crippen molar-refractivity contribution < 1.29 is 0 Å². The van der Waals surface area contributed by atoms with Gasteiger partial charge in [0.05, 0.1) is 0 Å². The van der Waals surface area contributed by atoms with E-state index in [1.54, 1.807) is 11.3 Å². The van der Waals surface area contributed by atoms with Gasteiger partial charge in [0.2, 0.25) is 0 Å². The van der Waals surface area contributed by atoms with Crippen molar-refractivity contribution in [2.24, 2.45) is 11.7 Å². The molecule has 1 aliphatic rings. The summed E-state index contributed by atoms with van der Waals surface area (Å²) in [6.07, 6.45) is 5.42. The molecule has 0 amide bonds. The van der Waals surface area contributed by atoms with Crippen molar-refractivity contribution in [3.05, 3.63) is 22.4 Å². The molecule has 2 N–H and O–H groups in total. The van der Waals surface area contributed by atoms with Gasteiger partial charge in [-0.2, -0.15) is 0 Å². The van der Waals surface area contributed by atoms with Crippen LogP contribution in [0, 0.1) is 5.92 Å². The molecule has 1 aliphatic carbocycles. The minimum Gasteiger partial charge on any atom is -0.323 e. The first-order chi connectivity index (χ1) is 5.88. The highest BCUT2D eigenvalue weighted by atomic mass is 35.5. The van der Waals surface area contributed by atoms with E-state index in [2.05, 4.69) is 17.5 Å². The topological polar surface area (TPSA) is 26.0 Å². The maximum Gasteiger partial charge on any atom is 0.0418 e. The third-order valence-corrected chi connectivity index (χ3v) is 3.75. The van der Waals surface area contributed by atoms with Crippen LogP contribution in [0.4, 0.5) is 0 Å². The van der Waals surface area contributed by atoms with Gasteiger partial charge in [0.1, 0.15) is 0 Å². The van der Waals surface area contributed by atoms with Crippen LogP contribution in [0.5, 0.6) is 0 Å². The molecule has 0 aliphatic heterocycles. The zero-order chi connectivity index (χ0) is 8.39. The van der Waals surface area contributed by atoms with Crippen molar-refractivity contribution >= 4 is 23.7 Å². The predicted octanol–water partition coefficient (Wildman–Crippen LogP) is 3.36. The standard InChI is InChI=1S/C10H15NS.ClH/c11-10(8-4-1-2-5-8)9-6-3-7-12-9;/h3,6-8,10H,1-2,4-5,11H2;1H/t10-;/m0./s1. The molecule has 0 spiro atoms. The first kappa shape index (κ1) is 11.0.